The lowest BCUT2D eigenvalue weighted by Crippen LogP contribution is -2.65. The first-order valence-electron chi connectivity index (χ1n) is 8.01. The minimum Gasteiger partial charge on any atom is -0.372 e. The molecule has 0 aromatic heterocycles. The van der Waals surface area contributed by atoms with Gasteiger partial charge in [-0.3, -0.25) is 0 Å². The predicted molar refractivity (Wildman–Crippen MR) is 86.4 cm³/mol. The van der Waals surface area contributed by atoms with Gasteiger partial charge in [-0.1, -0.05) is 56.4 Å². The van der Waals surface area contributed by atoms with Crippen molar-refractivity contribution in [3.63, 3.8) is 0 Å². The van der Waals surface area contributed by atoms with Gasteiger partial charge in [-0.2, -0.15) is 26.3 Å². The molecule has 0 amide bonds. The van der Waals surface area contributed by atoms with Crippen LogP contribution < -0.4 is 0 Å². The normalized spacial score (nSPS) is 20.4. The van der Waals surface area contributed by atoms with Crippen LogP contribution in [-0.4, -0.2) is 34.8 Å². The molecule has 1 rings (SSSR count). The number of alkyl halides is 6. The molecule has 1 aliphatic rings. The monoisotopic (exact) mass is 384 g/mol. The summed E-state index contributed by atoms with van der Waals surface area (Å²) in [6.45, 7) is 7.64. The zero-order chi connectivity index (χ0) is 20.2. The van der Waals surface area contributed by atoms with E-state index >= 15 is 0 Å². The molecule has 0 spiro atoms. The first-order valence-corrected chi connectivity index (χ1v) is 8.01. The lowest BCUT2D eigenvalue weighted by Gasteiger charge is -2.42. The molecule has 0 heterocycles. The van der Waals surface area contributed by atoms with Crippen LogP contribution in [0.25, 0.3) is 0 Å². The molecule has 0 aliphatic heterocycles. The molecule has 0 radical (unpaired) electrons. The van der Waals surface area contributed by atoms with Gasteiger partial charge >= 0.3 is 12.4 Å². The number of rotatable bonds is 7. The van der Waals surface area contributed by atoms with Crippen molar-refractivity contribution in [2.24, 2.45) is 0 Å². The molecular weight excluding hydrogens is 362 g/mol. The van der Waals surface area contributed by atoms with E-state index in [0.717, 1.165) is 0 Å². The Balaban J connectivity index is 3.32. The Kier molecular flexibility index (Phi) is 6.92. The van der Waals surface area contributed by atoms with Crippen LogP contribution in [0.2, 0.25) is 0 Å². The minimum absolute atomic E-state index is 0.225. The largest absolute Gasteiger partial charge is 0.428 e. The lowest BCUT2D eigenvalue weighted by atomic mass is 9.88. The number of ether oxygens (including phenoxy) is 1. The molecule has 8 heteroatoms. The van der Waals surface area contributed by atoms with E-state index in [0.29, 0.717) is 25.3 Å². The Bertz CT molecular complexity index is 551. The van der Waals surface area contributed by atoms with Gasteiger partial charge in [0.25, 0.3) is 5.60 Å². The lowest BCUT2D eigenvalue weighted by molar-refractivity contribution is -0.397. The zero-order valence-corrected chi connectivity index (χ0v) is 14.3. The number of hydrogen-bond acceptors (Lipinski definition) is 2. The summed E-state index contributed by atoms with van der Waals surface area (Å²) in [4.78, 5) is 0. The maximum Gasteiger partial charge on any atom is 0.428 e. The van der Waals surface area contributed by atoms with Crippen LogP contribution in [0, 0.1) is 0 Å². The second kappa shape index (κ2) is 8.00. The summed E-state index contributed by atoms with van der Waals surface area (Å²) in [6, 6.07) is 0. The van der Waals surface area contributed by atoms with Crippen LogP contribution in [-0.2, 0) is 4.74 Å². The molecule has 0 aromatic carbocycles. The molecule has 0 saturated heterocycles. The van der Waals surface area contributed by atoms with E-state index in [2.05, 4.69) is 13.2 Å². The Labute approximate surface area is 148 Å². The quantitative estimate of drug-likeness (QED) is 0.470. The highest BCUT2D eigenvalue weighted by Crippen LogP contribution is 2.49. The van der Waals surface area contributed by atoms with Crippen LogP contribution in [0.5, 0.6) is 0 Å². The highest BCUT2D eigenvalue weighted by Gasteiger charge is 2.74. The Morgan fingerprint density at radius 2 is 1.54 bits per heavy atom. The van der Waals surface area contributed by atoms with Gasteiger partial charge in [-0.05, 0) is 25.3 Å². The SMILES string of the molecule is C=C/C=C/C=C(\C=C)C1(OC(C)C(O)(C(F)(F)F)C(F)(F)F)CCCC1. The van der Waals surface area contributed by atoms with Crippen molar-refractivity contribution < 1.29 is 36.2 Å². The molecule has 0 aromatic rings. The van der Waals surface area contributed by atoms with E-state index in [1.54, 1.807) is 6.08 Å². The van der Waals surface area contributed by atoms with Crippen LogP contribution >= 0.6 is 0 Å². The molecule has 1 fully saturated rings. The third-order valence-electron chi connectivity index (χ3n) is 4.54. The summed E-state index contributed by atoms with van der Waals surface area (Å²) >= 11 is 0. The van der Waals surface area contributed by atoms with E-state index in [1.807, 2.05) is 0 Å². The first-order chi connectivity index (χ1) is 11.9. The molecular formula is C18H22F6O2. The molecule has 1 atom stereocenters. The number of hydrogen-bond donors (Lipinski definition) is 1. The maximum atomic E-state index is 13.1. The third-order valence-corrected chi connectivity index (χ3v) is 4.54. The topological polar surface area (TPSA) is 29.5 Å². The van der Waals surface area contributed by atoms with Crippen LogP contribution in [0.4, 0.5) is 26.3 Å². The summed E-state index contributed by atoms with van der Waals surface area (Å²) < 4.78 is 83.8. The van der Waals surface area contributed by atoms with Crippen LogP contribution in [0.1, 0.15) is 32.6 Å². The van der Waals surface area contributed by atoms with Crippen molar-refractivity contribution in [3.05, 3.63) is 49.1 Å². The standard InChI is InChI=1S/C18H22F6O2/c1-4-6-7-10-14(5-2)15(11-8-9-12-15)26-13(3)16(25,17(19,20)21)18(22,23)24/h4-7,10,13,25H,1-2,8-9,11-12H2,3H3/b7-6+,14-10+. The average molecular weight is 384 g/mol. The van der Waals surface area contributed by atoms with E-state index in [9.17, 15) is 31.4 Å². The molecule has 0 bridgehead atoms. The summed E-state index contributed by atoms with van der Waals surface area (Å²) in [5.74, 6) is 0. The van der Waals surface area contributed by atoms with E-state index in [1.165, 1.54) is 24.3 Å². The van der Waals surface area contributed by atoms with Crippen molar-refractivity contribution in [1.29, 1.82) is 0 Å². The van der Waals surface area contributed by atoms with Gasteiger partial charge in [0.2, 0.25) is 0 Å². The highest BCUT2D eigenvalue weighted by molar-refractivity contribution is 5.33. The minimum atomic E-state index is -5.94. The van der Waals surface area contributed by atoms with Crippen LogP contribution in [0.3, 0.4) is 0 Å². The van der Waals surface area contributed by atoms with Crippen molar-refractivity contribution in [3.8, 4) is 0 Å². The van der Waals surface area contributed by atoms with Gasteiger partial charge in [0, 0.05) is 0 Å². The van der Waals surface area contributed by atoms with Crippen molar-refractivity contribution in [2.75, 3.05) is 0 Å². The molecule has 26 heavy (non-hydrogen) atoms. The van der Waals surface area contributed by atoms with E-state index < -0.39 is 29.7 Å². The van der Waals surface area contributed by atoms with Gasteiger partial charge in [-0.25, -0.2) is 0 Å². The van der Waals surface area contributed by atoms with E-state index in [-0.39, 0.29) is 12.8 Å². The summed E-state index contributed by atoms with van der Waals surface area (Å²) in [5.41, 5.74) is -6.00. The predicted octanol–water partition coefficient (Wildman–Crippen LogP) is 5.41. The Morgan fingerprint density at radius 1 is 1.04 bits per heavy atom. The fourth-order valence-corrected chi connectivity index (χ4v) is 3.11. The molecule has 1 saturated carbocycles. The third kappa shape index (κ3) is 4.23. The van der Waals surface area contributed by atoms with Gasteiger partial charge < -0.3 is 9.84 Å². The highest BCUT2D eigenvalue weighted by atomic mass is 19.4. The van der Waals surface area contributed by atoms with Crippen molar-refractivity contribution in [1.82, 2.24) is 0 Å². The molecule has 1 unspecified atom stereocenters. The molecule has 2 nitrogen and oxygen atoms in total. The smallest absolute Gasteiger partial charge is 0.372 e. The van der Waals surface area contributed by atoms with Gasteiger partial charge in [0.1, 0.15) is 6.10 Å². The van der Waals surface area contributed by atoms with E-state index in [4.69, 9.17) is 4.74 Å². The molecule has 1 aliphatic carbocycles. The number of halogens is 6. The second-order valence-electron chi connectivity index (χ2n) is 6.17. The molecule has 148 valence electrons. The van der Waals surface area contributed by atoms with Crippen LogP contribution in [0.15, 0.2) is 49.1 Å². The van der Waals surface area contributed by atoms with Gasteiger partial charge in [0.15, 0.2) is 0 Å². The Hall–Kier alpha value is -1.54. The number of aliphatic hydroxyl groups is 1. The first kappa shape index (κ1) is 22.5. The Morgan fingerprint density at radius 3 is 1.92 bits per heavy atom. The summed E-state index contributed by atoms with van der Waals surface area (Å²) in [6.07, 6.45) is -5.45. The molecule has 1 N–H and O–H groups in total. The van der Waals surface area contributed by atoms with Crippen molar-refractivity contribution >= 4 is 0 Å². The van der Waals surface area contributed by atoms with Crippen molar-refractivity contribution in [2.45, 2.75) is 62.3 Å². The second-order valence-corrected chi connectivity index (χ2v) is 6.17. The summed E-state index contributed by atoms with van der Waals surface area (Å²) in [7, 11) is 0. The fraction of sp³-hybridized carbons (Fsp3) is 0.556. The maximum absolute atomic E-state index is 13.1. The number of allylic oxidation sites excluding steroid dienone is 4. The zero-order valence-electron chi connectivity index (χ0n) is 14.3. The fourth-order valence-electron chi connectivity index (χ4n) is 3.11. The van der Waals surface area contributed by atoms with Gasteiger partial charge in [-0.15, -0.1) is 0 Å². The van der Waals surface area contributed by atoms with Gasteiger partial charge in [0.05, 0.1) is 5.60 Å². The average Bonchev–Trinajstić information content (AvgIpc) is 2.97. The summed E-state index contributed by atoms with van der Waals surface area (Å²) in [5, 5.41) is 9.55.